The molecule has 1 amide bonds. The third kappa shape index (κ3) is 3.12. The molecule has 0 saturated carbocycles. The molecule has 0 fully saturated rings. The predicted molar refractivity (Wildman–Crippen MR) is 52.6 cm³/mol. The van der Waals surface area contributed by atoms with Crippen molar-refractivity contribution in [2.75, 3.05) is 13.6 Å². The van der Waals surface area contributed by atoms with Gasteiger partial charge < -0.3 is 11.1 Å². The van der Waals surface area contributed by atoms with Crippen molar-refractivity contribution in [2.24, 2.45) is 5.73 Å². The fraction of sp³-hybridized carbons (Fsp3) is 0.500. The molecule has 1 rings (SSSR count). The molecule has 0 aliphatic heterocycles. The van der Waals surface area contributed by atoms with Gasteiger partial charge in [-0.2, -0.15) is 0 Å². The number of hydrogen-bond acceptors (Lipinski definition) is 4. The van der Waals surface area contributed by atoms with Crippen LogP contribution < -0.4 is 11.1 Å². The Morgan fingerprint density at radius 3 is 3.15 bits per heavy atom. The first-order valence-electron chi connectivity index (χ1n) is 4.10. The SMILES string of the molecule is CNC(=O)Cc1csc(CCN)n1. The van der Waals surface area contributed by atoms with E-state index in [1.54, 1.807) is 18.4 Å². The zero-order valence-electron chi connectivity index (χ0n) is 7.54. The highest BCUT2D eigenvalue weighted by Crippen LogP contribution is 2.10. The van der Waals surface area contributed by atoms with Crippen LogP contribution in [0.2, 0.25) is 0 Å². The summed E-state index contributed by atoms with van der Waals surface area (Å²) < 4.78 is 0. The number of aromatic nitrogens is 1. The molecule has 0 aliphatic rings. The Labute approximate surface area is 81.2 Å². The van der Waals surface area contributed by atoms with Gasteiger partial charge in [0.2, 0.25) is 5.91 Å². The van der Waals surface area contributed by atoms with Gasteiger partial charge in [-0.15, -0.1) is 11.3 Å². The predicted octanol–water partition coefficient (Wildman–Crippen LogP) is -0.0672. The minimum absolute atomic E-state index is 0.00963. The molecule has 1 aromatic rings. The fourth-order valence-electron chi connectivity index (χ4n) is 0.921. The minimum atomic E-state index is -0.00963. The van der Waals surface area contributed by atoms with E-state index in [4.69, 9.17) is 5.73 Å². The Bertz CT molecular complexity index is 285. The van der Waals surface area contributed by atoms with E-state index in [1.165, 1.54) is 0 Å². The van der Waals surface area contributed by atoms with E-state index in [-0.39, 0.29) is 5.91 Å². The van der Waals surface area contributed by atoms with E-state index in [9.17, 15) is 4.79 Å². The van der Waals surface area contributed by atoms with Gasteiger partial charge in [0, 0.05) is 18.8 Å². The number of nitrogens with two attached hydrogens (primary N) is 1. The van der Waals surface area contributed by atoms with E-state index in [0.29, 0.717) is 13.0 Å². The Morgan fingerprint density at radius 1 is 1.77 bits per heavy atom. The molecular formula is C8H13N3OS. The maximum atomic E-state index is 11.0. The molecule has 0 aromatic carbocycles. The van der Waals surface area contributed by atoms with Crippen molar-refractivity contribution < 1.29 is 4.79 Å². The molecule has 0 spiro atoms. The van der Waals surface area contributed by atoms with E-state index < -0.39 is 0 Å². The number of nitrogens with one attached hydrogen (secondary N) is 1. The molecule has 1 heterocycles. The molecule has 0 aliphatic carbocycles. The summed E-state index contributed by atoms with van der Waals surface area (Å²) >= 11 is 1.56. The lowest BCUT2D eigenvalue weighted by molar-refractivity contribution is -0.120. The second-order valence-electron chi connectivity index (χ2n) is 2.62. The summed E-state index contributed by atoms with van der Waals surface area (Å²) in [4.78, 5) is 15.2. The Morgan fingerprint density at radius 2 is 2.54 bits per heavy atom. The summed E-state index contributed by atoms with van der Waals surface area (Å²) in [6, 6.07) is 0. The van der Waals surface area contributed by atoms with Gasteiger partial charge in [0.05, 0.1) is 17.1 Å². The summed E-state index contributed by atoms with van der Waals surface area (Å²) in [7, 11) is 1.62. The van der Waals surface area contributed by atoms with Crippen LogP contribution in [0.5, 0.6) is 0 Å². The van der Waals surface area contributed by atoms with Crippen molar-refractivity contribution in [1.82, 2.24) is 10.3 Å². The number of rotatable bonds is 4. The van der Waals surface area contributed by atoms with Crippen molar-refractivity contribution >= 4 is 17.2 Å². The number of hydrogen-bond donors (Lipinski definition) is 2. The first-order chi connectivity index (χ1) is 6.26. The van der Waals surface area contributed by atoms with Crippen molar-refractivity contribution in [1.29, 1.82) is 0 Å². The normalized spacial score (nSPS) is 10.0. The second-order valence-corrected chi connectivity index (χ2v) is 3.56. The van der Waals surface area contributed by atoms with E-state index in [1.807, 2.05) is 5.38 Å². The highest BCUT2D eigenvalue weighted by molar-refractivity contribution is 7.09. The smallest absolute Gasteiger partial charge is 0.225 e. The summed E-state index contributed by atoms with van der Waals surface area (Å²) in [6.45, 7) is 0.604. The van der Waals surface area contributed by atoms with Crippen molar-refractivity contribution in [3.8, 4) is 0 Å². The molecule has 13 heavy (non-hydrogen) atoms. The number of nitrogens with zero attached hydrogens (tertiary/aromatic N) is 1. The van der Waals surface area contributed by atoms with Gasteiger partial charge >= 0.3 is 0 Å². The van der Waals surface area contributed by atoms with Crippen LogP contribution in [-0.2, 0) is 17.6 Å². The molecule has 0 radical (unpaired) electrons. The molecule has 72 valence electrons. The molecule has 0 bridgehead atoms. The molecule has 5 heteroatoms. The lowest BCUT2D eigenvalue weighted by Gasteiger charge is -1.94. The number of amides is 1. The average molecular weight is 199 g/mol. The van der Waals surface area contributed by atoms with Crippen LogP contribution in [0.25, 0.3) is 0 Å². The van der Waals surface area contributed by atoms with Crippen LogP contribution in [0.15, 0.2) is 5.38 Å². The summed E-state index contributed by atoms with van der Waals surface area (Å²) in [6.07, 6.45) is 1.15. The highest BCUT2D eigenvalue weighted by atomic mass is 32.1. The lowest BCUT2D eigenvalue weighted by atomic mass is 10.3. The van der Waals surface area contributed by atoms with Crippen molar-refractivity contribution in [3.05, 3.63) is 16.1 Å². The van der Waals surface area contributed by atoms with Crippen LogP contribution in [0.3, 0.4) is 0 Å². The zero-order chi connectivity index (χ0) is 9.68. The monoisotopic (exact) mass is 199 g/mol. The highest BCUT2D eigenvalue weighted by Gasteiger charge is 2.05. The van der Waals surface area contributed by atoms with Crippen LogP contribution in [0, 0.1) is 0 Å². The molecule has 0 unspecified atom stereocenters. The van der Waals surface area contributed by atoms with E-state index >= 15 is 0 Å². The maximum absolute atomic E-state index is 11.0. The third-order valence-electron chi connectivity index (χ3n) is 1.58. The fourth-order valence-corrected chi connectivity index (χ4v) is 1.74. The van der Waals surface area contributed by atoms with Gasteiger partial charge in [0.25, 0.3) is 0 Å². The zero-order valence-corrected chi connectivity index (χ0v) is 8.36. The van der Waals surface area contributed by atoms with Gasteiger partial charge in [0.15, 0.2) is 0 Å². The van der Waals surface area contributed by atoms with Crippen molar-refractivity contribution in [3.63, 3.8) is 0 Å². The molecule has 4 nitrogen and oxygen atoms in total. The maximum Gasteiger partial charge on any atom is 0.225 e. The molecule has 0 atom stereocenters. The Balaban J connectivity index is 2.53. The number of likely N-dealkylation sites (N-methyl/N-ethyl adjacent to an activating group) is 1. The first-order valence-corrected chi connectivity index (χ1v) is 4.98. The molecule has 1 aromatic heterocycles. The van der Waals surface area contributed by atoms with Crippen LogP contribution in [-0.4, -0.2) is 24.5 Å². The Kier molecular flexibility index (Phi) is 3.85. The first kappa shape index (κ1) is 10.1. The summed E-state index contributed by atoms with van der Waals surface area (Å²) in [5.74, 6) is -0.00963. The lowest BCUT2D eigenvalue weighted by Crippen LogP contribution is -2.20. The second kappa shape index (κ2) is 4.94. The average Bonchev–Trinajstić information content (AvgIpc) is 2.53. The van der Waals surface area contributed by atoms with E-state index in [0.717, 1.165) is 17.1 Å². The number of carbonyl (C=O) groups excluding carboxylic acids is 1. The van der Waals surface area contributed by atoms with Gasteiger partial charge in [-0.1, -0.05) is 0 Å². The van der Waals surface area contributed by atoms with Crippen LogP contribution in [0.4, 0.5) is 0 Å². The number of carbonyl (C=O) groups is 1. The minimum Gasteiger partial charge on any atom is -0.359 e. The van der Waals surface area contributed by atoms with Gasteiger partial charge in [-0.3, -0.25) is 4.79 Å². The third-order valence-corrected chi connectivity index (χ3v) is 2.54. The van der Waals surface area contributed by atoms with Gasteiger partial charge in [-0.25, -0.2) is 4.98 Å². The molecule has 3 N–H and O–H groups in total. The van der Waals surface area contributed by atoms with Crippen LogP contribution >= 0.6 is 11.3 Å². The standard InChI is InChI=1S/C8H13N3OS/c1-10-7(12)4-6-5-13-8(11-6)2-3-9/h5H,2-4,9H2,1H3,(H,10,12). The summed E-state index contributed by atoms with van der Waals surface area (Å²) in [5.41, 5.74) is 6.21. The largest absolute Gasteiger partial charge is 0.359 e. The topological polar surface area (TPSA) is 68.0 Å². The van der Waals surface area contributed by atoms with Gasteiger partial charge in [0.1, 0.15) is 0 Å². The molecule has 0 saturated heterocycles. The van der Waals surface area contributed by atoms with Gasteiger partial charge in [-0.05, 0) is 6.54 Å². The van der Waals surface area contributed by atoms with Crippen molar-refractivity contribution in [2.45, 2.75) is 12.8 Å². The summed E-state index contributed by atoms with van der Waals surface area (Å²) in [5, 5.41) is 5.46. The number of thiazole rings is 1. The van der Waals surface area contributed by atoms with E-state index in [2.05, 4.69) is 10.3 Å². The van der Waals surface area contributed by atoms with Crippen LogP contribution in [0.1, 0.15) is 10.7 Å². The Hall–Kier alpha value is -0.940. The molecular weight excluding hydrogens is 186 g/mol. The quantitative estimate of drug-likeness (QED) is 0.713.